The van der Waals surface area contributed by atoms with Gasteiger partial charge in [0.15, 0.2) is 0 Å². The van der Waals surface area contributed by atoms with Crippen LogP contribution in [0.4, 0.5) is 0 Å². The van der Waals surface area contributed by atoms with Crippen molar-refractivity contribution in [1.29, 1.82) is 0 Å². The molecule has 1 aromatic carbocycles. The van der Waals surface area contributed by atoms with E-state index in [0.29, 0.717) is 32.4 Å². The first kappa shape index (κ1) is 19.9. The van der Waals surface area contributed by atoms with E-state index in [2.05, 4.69) is 26.0 Å². The lowest BCUT2D eigenvalue weighted by molar-refractivity contribution is -0.133. The highest BCUT2D eigenvalue weighted by Gasteiger charge is 2.46. The highest BCUT2D eigenvalue weighted by molar-refractivity contribution is 5.79. The van der Waals surface area contributed by atoms with Gasteiger partial charge in [-0.25, -0.2) is 0 Å². The third kappa shape index (κ3) is 4.34. The fourth-order valence-electron chi connectivity index (χ4n) is 4.32. The minimum absolute atomic E-state index is 0.144. The smallest absolute Gasteiger partial charge is 0.222 e. The van der Waals surface area contributed by atoms with E-state index < -0.39 is 0 Å². The van der Waals surface area contributed by atoms with Gasteiger partial charge in [0.2, 0.25) is 11.8 Å². The Labute approximate surface area is 162 Å². The van der Waals surface area contributed by atoms with E-state index in [9.17, 15) is 9.59 Å². The molecule has 0 radical (unpaired) electrons. The number of carbonyl (C=O) groups is 2. The Bertz CT molecular complexity index is 669. The molecule has 2 aliphatic rings. The quantitative estimate of drug-likeness (QED) is 0.702. The van der Waals surface area contributed by atoms with Gasteiger partial charge in [0, 0.05) is 32.5 Å². The predicted molar refractivity (Wildman–Crippen MR) is 105 cm³/mol. The molecule has 2 aliphatic heterocycles. The lowest BCUT2D eigenvalue weighted by atomic mass is 9.92. The van der Waals surface area contributed by atoms with E-state index in [4.69, 9.17) is 4.74 Å². The van der Waals surface area contributed by atoms with Crippen LogP contribution >= 0.6 is 0 Å². The van der Waals surface area contributed by atoms with Crippen LogP contribution in [-0.2, 0) is 26.5 Å². The van der Waals surface area contributed by atoms with Crippen molar-refractivity contribution in [2.24, 2.45) is 0 Å². The zero-order valence-electron chi connectivity index (χ0n) is 16.7. The van der Waals surface area contributed by atoms with Crippen LogP contribution in [0.25, 0.3) is 0 Å². The molecule has 1 atom stereocenters. The number of rotatable bonds is 8. The van der Waals surface area contributed by atoms with Crippen molar-refractivity contribution in [1.82, 2.24) is 9.80 Å². The monoisotopic (exact) mass is 372 g/mol. The number of amides is 2. The molecule has 1 fully saturated rings. The van der Waals surface area contributed by atoms with Crippen LogP contribution in [0.2, 0.25) is 0 Å². The molecule has 148 valence electrons. The van der Waals surface area contributed by atoms with E-state index >= 15 is 0 Å². The number of benzene rings is 1. The fraction of sp³-hybridized carbons (Fsp3) is 0.636. The fourth-order valence-corrected chi connectivity index (χ4v) is 4.32. The van der Waals surface area contributed by atoms with Crippen molar-refractivity contribution in [2.75, 3.05) is 26.2 Å². The Kier molecular flexibility index (Phi) is 6.53. The molecule has 0 bridgehead atoms. The van der Waals surface area contributed by atoms with Crippen molar-refractivity contribution in [2.45, 2.75) is 64.6 Å². The van der Waals surface area contributed by atoms with Gasteiger partial charge in [-0.05, 0) is 36.8 Å². The molecule has 3 rings (SSSR count). The lowest BCUT2D eigenvalue weighted by Gasteiger charge is -2.25. The number of hydrogen-bond donors (Lipinski definition) is 0. The summed E-state index contributed by atoms with van der Waals surface area (Å²) in [5.41, 5.74) is 2.16. The molecule has 2 heterocycles. The van der Waals surface area contributed by atoms with Crippen molar-refractivity contribution >= 4 is 11.8 Å². The van der Waals surface area contributed by atoms with E-state index in [1.165, 1.54) is 11.1 Å². The van der Waals surface area contributed by atoms with E-state index in [-0.39, 0.29) is 17.4 Å². The van der Waals surface area contributed by atoms with E-state index in [1.807, 2.05) is 21.9 Å². The van der Waals surface area contributed by atoms with Gasteiger partial charge in [0.05, 0.1) is 13.2 Å². The van der Waals surface area contributed by atoms with Gasteiger partial charge in [0.1, 0.15) is 5.60 Å². The van der Waals surface area contributed by atoms with Crippen molar-refractivity contribution < 1.29 is 14.3 Å². The van der Waals surface area contributed by atoms with E-state index in [0.717, 1.165) is 38.9 Å². The average Bonchev–Trinajstić information content (AvgIpc) is 3.27. The highest BCUT2D eigenvalue weighted by Crippen LogP contribution is 2.43. The maximum absolute atomic E-state index is 12.6. The molecule has 5 heteroatoms. The minimum Gasteiger partial charge on any atom is -0.364 e. The van der Waals surface area contributed by atoms with Gasteiger partial charge in [-0.1, -0.05) is 38.1 Å². The topological polar surface area (TPSA) is 49.9 Å². The normalized spacial score (nSPS) is 20.9. The second-order valence-electron chi connectivity index (χ2n) is 7.74. The Morgan fingerprint density at radius 1 is 1.15 bits per heavy atom. The summed E-state index contributed by atoms with van der Waals surface area (Å²) in [6.07, 6.45) is 4.33. The second kappa shape index (κ2) is 8.87. The zero-order chi connectivity index (χ0) is 19.3. The number of carbonyl (C=O) groups excluding carboxylic acids is 2. The molecule has 27 heavy (non-hydrogen) atoms. The molecule has 2 amide bonds. The number of likely N-dealkylation sites (tertiary alicyclic amines) is 1. The summed E-state index contributed by atoms with van der Waals surface area (Å²) in [7, 11) is 0. The summed E-state index contributed by atoms with van der Waals surface area (Å²) in [5, 5.41) is 0. The first-order valence-electron chi connectivity index (χ1n) is 10.4. The minimum atomic E-state index is -0.318. The molecule has 1 spiro atoms. The number of ether oxygens (including phenoxy) is 1. The average molecular weight is 373 g/mol. The van der Waals surface area contributed by atoms with Crippen molar-refractivity contribution in [3.05, 3.63) is 35.4 Å². The van der Waals surface area contributed by atoms with Gasteiger partial charge >= 0.3 is 0 Å². The molecular weight excluding hydrogens is 340 g/mol. The summed E-state index contributed by atoms with van der Waals surface area (Å²) < 4.78 is 6.13. The molecule has 1 saturated heterocycles. The van der Waals surface area contributed by atoms with Crippen molar-refractivity contribution in [3.63, 3.8) is 0 Å². The number of fused-ring (bicyclic) bond motifs is 2. The third-order valence-corrected chi connectivity index (χ3v) is 5.72. The Morgan fingerprint density at radius 3 is 2.63 bits per heavy atom. The Hall–Kier alpha value is -1.88. The first-order valence-corrected chi connectivity index (χ1v) is 10.4. The van der Waals surface area contributed by atoms with Crippen LogP contribution < -0.4 is 0 Å². The summed E-state index contributed by atoms with van der Waals surface area (Å²) in [5.74, 6) is 0.322. The standard InChI is InChI=1S/C22H32N2O3/c1-3-13-23(14-4-2)20(25)10-7-11-21(26)24-15-12-22(17-24)19-9-6-5-8-18(19)16-27-22/h5-6,8-9H,3-4,7,10-17H2,1-2H3. The molecule has 0 aromatic heterocycles. The lowest BCUT2D eigenvalue weighted by Crippen LogP contribution is -2.35. The number of nitrogens with zero attached hydrogens (tertiary/aromatic N) is 2. The molecule has 0 N–H and O–H groups in total. The van der Waals surface area contributed by atoms with Gasteiger partial charge in [-0.15, -0.1) is 0 Å². The maximum Gasteiger partial charge on any atom is 0.222 e. The Balaban J connectivity index is 1.48. The molecule has 1 aromatic rings. The molecular formula is C22H32N2O3. The van der Waals surface area contributed by atoms with Crippen LogP contribution in [-0.4, -0.2) is 47.8 Å². The Morgan fingerprint density at radius 2 is 1.89 bits per heavy atom. The SMILES string of the molecule is CCCN(CCC)C(=O)CCCC(=O)N1CCC2(C1)OCc1ccccc12. The van der Waals surface area contributed by atoms with Gasteiger partial charge in [-0.3, -0.25) is 9.59 Å². The van der Waals surface area contributed by atoms with Gasteiger partial charge < -0.3 is 14.5 Å². The van der Waals surface area contributed by atoms with E-state index in [1.54, 1.807) is 0 Å². The maximum atomic E-state index is 12.6. The molecule has 1 unspecified atom stereocenters. The summed E-state index contributed by atoms with van der Waals surface area (Å²) in [6.45, 7) is 7.81. The first-order chi connectivity index (χ1) is 13.1. The number of hydrogen-bond acceptors (Lipinski definition) is 3. The van der Waals surface area contributed by atoms with Crippen LogP contribution in [0.1, 0.15) is 63.5 Å². The molecule has 0 aliphatic carbocycles. The zero-order valence-corrected chi connectivity index (χ0v) is 16.7. The molecule has 0 saturated carbocycles. The molecule has 5 nitrogen and oxygen atoms in total. The van der Waals surface area contributed by atoms with Crippen LogP contribution in [0, 0.1) is 0 Å². The van der Waals surface area contributed by atoms with Crippen LogP contribution in [0.3, 0.4) is 0 Å². The van der Waals surface area contributed by atoms with Crippen LogP contribution in [0.15, 0.2) is 24.3 Å². The summed E-state index contributed by atoms with van der Waals surface area (Å²) in [6, 6.07) is 8.32. The van der Waals surface area contributed by atoms with Gasteiger partial charge in [-0.2, -0.15) is 0 Å². The third-order valence-electron chi connectivity index (χ3n) is 5.72. The predicted octanol–water partition coefficient (Wildman–Crippen LogP) is 3.46. The largest absolute Gasteiger partial charge is 0.364 e. The van der Waals surface area contributed by atoms with Crippen LogP contribution in [0.5, 0.6) is 0 Å². The second-order valence-corrected chi connectivity index (χ2v) is 7.74. The van der Waals surface area contributed by atoms with Crippen molar-refractivity contribution in [3.8, 4) is 0 Å². The summed E-state index contributed by atoms with van der Waals surface area (Å²) >= 11 is 0. The summed E-state index contributed by atoms with van der Waals surface area (Å²) in [4.78, 5) is 28.8. The van der Waals surface area contributed by atoms with Gasteiger partial charge in [0.25, 0.3) is 0 Å². The highest BCUT2D eigenvalue weighted by atomic mass is 16.5.